The predicted octanol–water partition coefficient (Wildman–Crippen LogP) is 1.57. The first-order valence-electron chi connectivity index (χ1n) is 5.26. The number of hydrogen-bond acceptors (Lipinski definition) is 4. The molecule has 1 unspecified atom stereocenters. The average molecular weight is 219 g/mol. The number of anilines is 2. The van der Waals surface area contributed by atoms with Crippen LogP contribution in [0.5, 0.6) is 0 Å². The molecule has 0 saturated carbocycles. The summed E-state index contributed by atoms with van der Waals surface area (Å²) in [6.45, 7) is 4.32. The van der Waals surface area contributed by atoms with Crippen molar-refractivity contribution in [1.82, 2.24) is 0 Å². The first kappa shape index (κ1) is 12.3. The summed E-state index contributed by atoms with van der Waals surface area (Å²) in [6, 6.07) is 7.08. The van der Waals surface area contributed by atoms with Crippen LogP contribution in [0.15, 0.2) is 18.2 Å². The number of nitrogen functional groups attached to an aromatic ring is 1. The van der Waals surface area contributed by atoms with Gasteiger partial charge in [-0.05, 0) is 24.1 Å². The molecular weight excluding hydrogens is 202 g/mol. The van der Waals surface area contributed by atoms with E-state index in [1.807, 2.05) is 19.9 Å². The van der Waals surface area contributed by atoms with E-state index in [4.69, 9.17) is 11.0 Å². The van der Waals surface area contributed by atoms with Gasteiger partial charge in [0.1, 0.15) is 0 Å². The molecule has 0 aliphatic carbocycles. The Morgan fingerprint density at radius 1 is 1.50 bits per heavy atom. The molecule has 4 heteroatoms. The maximum absolute atomic E-state index is 9.64. The third kappa shape index (κ3) is 3.14. The van der Waals surface area contributed by atoms with E-state index in [0.717, 1.165) is 0 Å². The van der Waals surface area contributed by atoms with E-state index in [0.29, 0.717) is 23.5 Å². The zero-order valence-corrected chi connectivity index (χ0v) is 9.57. The Labute approximate surface area is 95.7 Å². The van der Waals surface area contributed by atoms with Crippen molar-refractivity contribution in [2.24, 2.45) is 5.92 Å². The largest absolute Gasteiger partial charge is 0.397 e. The third-order valence-corrected chi connectivity index (χ3v) is 2.45. The highest BCUT2D eigenvalue weighted by Crippen LogP contribution is 2.19. The molecule has 4 nitrogen and oxygen atoms in total. The van der Waals surface area contributed by atoms with Crippen molar-refractivity contribution in [2.75, 3.05) is 17.6 Å². The molecule has 0 aliphatic rings. The smallest absolute Gasteiger partial charge is 0.0992 e. The van der Waals surface area contributed by atoms with Crippen molar-refractivity contribution < 1.29 is 5.11 Å². The van der Waals surface area contributed by atoms with Gasteiger partial charge in [-0.2, -0.15) is 5.26 Å². The maximum Gasteiger partial charge on any atom is 0.0992 e. The van der Waals surface area contributed by atoms with Crippen molar-refractivity contribution in [2.45, 2.75) is 20.0 Å². The van der Waals surface area contributed by atoms with Gasteiger partial charge in [0.15, 0.2) is 0 Å². The number of aliphatic hydroxyl groups is 1. The summed E-state index contributed by atoms with van der Waals surface area (Å²) in [4.78, 5) is 0. The Bertz CT molecular complexity index is 396. The molecule has 1 aromatic carbocycles. The molecule has 0 radical (unpaired) electrons. The van der Waals surface area contributed by atoms with Crippen LogP contribution in [0.1, 0.15) is 19.4 Å². The number of nitrogens with two attached hydrogens (primary N) is 1. The molecule has 0 amide bonds. The van der Waals surface area contributed by atoms with E-state index < -0.39 is 6.10 Å². The normalized spacial score (nSPS) is 12.2. The minimum absolute atomic E-state index is 0.188. The Morgan fingerprint density at radius 2 is 2.19 bits per heavy atom. The van der Waals surface area contributed by atoms with Crippen molar-refractivity contribution in [3.05, 3.63) is 23.8 Å². The zero-order valence-electron chi connectivity index (χ0n) is 9.57. The Balaban J connectivity index is 2.70. The highest BCUT2D eigenvalue weighted by atomic mass is 16.3. The second-order valence-corrected chi connectivity index (χ2v) is 4.11. The Kier molecular flexibility index (Phi) is 4.15. The summed E-state index contributed by atoms with van der Waals surface area (Å²) < 4.78 is 0. The highest BCUT2D eigenvalue weighted by Gasteiger charge is 2.09. The lowest BCUT2D eigenvalue weighted by Gasteiger charge is -2.16. The van der Waals surface area contributed by atoms with Crippen LogP contribution < -0.4 is 11.1 Å². The number of nitriles is 1. The number of benzene rings is 1. The van der Waals surface area contributed by atoms with Crippen LogP contribution in [0.25, 0.3) is 0 Å². The van der Waals surface area contributed by atoms with Crippen LogP contribution in [0.4, 0.5) is 11.4 Å². The van der Waals surface area contributed by atoms with Crippen molar-refractivity contribution in [3.8, 4) is 6.07 Å². The lowest BCUT2D eigenvalue weighted by molar-refractivity contribution is 0.138. The SMILES string of the molecule is CC(C)C(O)CNc1cc(C#N)ccc1N. The summed E-state index contributed by atoms with van der Waals surface area (Å²) in [6.07, 6.45) is -0.426. The molecule has 0 bridgehead atoms. The molecule has 0 fully saturated rings. The van der Waals surface area contributed by atoms with Crippen LogP contribution in [0, 0.1) is 17.2 Å². The highest BCUT2D eigenvalue weighted by molar-refractivity contribution is 5.68. The second-order valence-electron chi connectivity index (χ2n) is 4.11. The number of rotatable bonds is 4. The second kappa shape index (κ2) is 5.38. The minimum Gasteiger partial charge on any atom is -0.397 e. The first-order chi connectivity index (χ1) is 7.54. The van der Waals surface area contributed by atoms with Gasteiger partial charge in [0.25, 0.3) is 0 Å². The van der Waals surface area contributed by atoms with E-state index in [9.17, 15) is 5.11 Å². The van der Waals surface area contributed by atoms with Gasteiger partial charge in [0.05, 0.1) is 29.1 Å². The topological polar surface area (TPSA) is 82.1 Å². The maximum atomic E-state index is 9.64. The lowest BCUT2D eigenvalue weighted by atomic mass is 10.1. The molecule has 1 rings (SSSR count). The fourth-order valence-electron chi connectivity index (χ4n) is 1.23. The van der Waals surface area contributed by atoms with Gasteiger partial charge < -0.3 is 16.2 Å². The summed E-state index contributed by atoms with van der Waals surface area (Å²) in [5.41, 5.74) is 7.58. The fourth-order valence-corrected chi connectivity index (χ4v) is 1.23. The van der Waals surface area contributed by atoms with E-state index in [1.54, 1.807) is 18.2 Å². The number of nitrogens with one attached hydrogen (secondary N) is 1. The Morgan fingerprint density at radius 3 is 2.75 bits per heavy atom. The molecule has 0 saturated heterocycles. The standard InChI is InChI=1S/C12H17N3O/c1-8(2)12(16)7-15-11-5-9(6-13)3-4-10(11)14/h3-5,8,12,15-16H,7,14H2,1-2H3. The quantitative estimate of drug-likeness (QED) is 0.671. The van der Waals surface area contributed by atoms with Gasteiger partial charge in [0, 0.05) is 6.54 Å². The Hall–Kier alpha value is -1.73. The molecule has 0 aromatic heterocycles. The van der Waals surface area contributed by atoms with Gasteiger partial charge >= 0.3 is 0 Å². The summed E-state index contributed by atoms with van der Waals surface area (Å²) >= 11 is 0. The molecule has 4 N–H and O–H groups in total. The monoisotopic (exact) mass is 219 g/mol. The predicted molar refractivity (Wildman–Crippen MR) is 64.9 cm³/mol. The number of hydrogen-bond donors (Lipinski definition) is 3. The van der Waals surface area contributed by atoms with Gasteiger partial charge in [-0.1, -0.05) is 13.8 Å². The molecule has 86 valence electrons. The van der Waals surface area contributed by atoms with Crippen molar-refractivity contribution >= 4 is 11.4 Å². The molecular formula is C12H17N3O. The fraction of sp³-hybridized carbons (Fsp3) is 0.417. The number of nitrogens with zero attached hydrogens (tertiary/aromatic N) is 1. The van der Waals surface area contributed by atoms with Crippen molar-refractivity contribution in [1.29, 1.82) is 5.26 Å². The van der Waals surface area contributed by atoms with E-state index in [1.165, 1.54) is 0 Å². The minimum atomic E-state index is -0.426. The molecule has 0 heterocycles. The molecule has 1 atom stereocenters. The third-order valence-electron chi connectivity index (χ3n) is 2.45. The van der Waals surface area contributed by atoms with E-state index >= 15 is 0 Å². The van der Waals surface area contributed by atoms with Crippen LogP contribution in [-0.4, -0.2) is 17.8 Å². The van der Waals surface area contributed by atoms with Crippen LogP contribution in [0.2, 0.25) is 0 Å². The lowest BCUT2D eigenvalue weighted by Crippen LogP contribution is -2.25. The van der Waals surface area contributed by atoms with Gasteiger partial charge in [-0.3, -0.25) is 0 Å². The number of aliphatic hydroxyl groups excluding tert-OH is 1. The van der Waals surface area contributed by atoms with Crippen LogP contribution >= 0.6 is 0 Å². The van der Waals surface area contributed by atoms with Gasteiger partial charge in [-0.15, -0.1) is 0 Å². The molecule has 1 aromatic rings. The van der Waals surface area contributed by atoms with E-state index in [-0.39, 0.29) is 5.92 Å². The molecule has 0 spiro atoms. The summed E-state index contributed by atoms with van der Waals surface area (Å²) in [5.74, 6) is 0.188. The van der Waals surface area contributed by atoms with Gasteiger partial charge in [-0.25, -0.2) is 0 Å². The van der Waals surface area contributed by atoms with Crippen LogP contribution in [-0.2, 0) is 0 Å². The zero-order chi connectivity index (χ0) is 12.1. The average Bonchev–Trinajstić information content (AvgIpc) is 2.27. The van der Waals surface area contributed by atoms with Crippen molar-refractivity contribution in [3.63, 3.8) is 0 Å². The summed E-state index contributed by atoms with van der Waals surface area (Å²) in [5, 5.41) is 21.4. The van der Waals surface area contributed by atoms with Crippen LogP contribution in [0.3, 0.4) is 0 Å². The van der Waals surface area contributed by atoms with E-state index in [2.05, 4.69) is 5.32 Å². The van der Waals surface area contributed by atoms with Gasteiger partial charge in [0.2, 0.25) is 0 Å². The molecule has 0 aliphatic heterocycles. The summed E-state index contributed by atoms with van der Waals surface area (Å²) in [7, 11) is 0. The first-order valence-corrected chi connectivity index (χ1v) is 5.26. The molecule has 16 heavy (non-hydrogen) atoms.